The number of aromatic nitrogens is 5. The van der Waals surface area contributed by atoms with E-state index in [9.17, 15) is 5.11 Å². The highest BCUT2D eigenvalue weighted by Crippen LogP contribution is 2.19. The molecule has 84 valence electrons. The molecule has 0 aliphatic carbocycles. The van der Waals surface area contributed by atoms with Crippen LogP contribution in [-0.4, -0.2) is 29.6 Å². The van der Waals surface area contributed by atoms with E-state index in [1.54, 1.807) is 24.8 Å². The van der Waals surface area contributed by atoms with Gasteiger partial charge in [-0.05, 0) is 6.07 Å². The zero-order valence-corrected chi connectivity index (χ0v) is 9.07. The summed E-state index contributed by atoms with van der Waals surface area (Å²) in [6.45, 7) is 0. The third-order valence-electron chi connectivity index (χ3n) is 2.44. The van der Waals surface area contributed by atoms with Gasteiger partial charge < -0.3 is 9.67 Å². The molecule has 3 rings (SSSR count). The van der Waals surface area contributed by atoms with Gasteiger partial charge in [0, 0.05) is 18.8 Å². The quantitative estimate of drug-likeness (QED) is 0.674. The van der Waals surface area contributed by atoms with E-state index in [0.29, 0.717) is 11.4 Å². The number of hydrogen-bond acceptors (Lipinski definition) is 5. The smallest absolute Gasteiger partial charge is 0.163 e. The summed E-state index contributed by atoms with van der Waals surface area (Å²) in [5.41, 5.74) is 2.16. The van der Waals surface area contributed by atoms with Crippen molar-refractivity contribution >= 4 is 11.2 Å². The van der Waals surface area contributed by atoms with Crippen molar-refractivity contribution in [1.29, 1.82) is 0 Å². The van der Waals surface area contributed by atoms with Crippen molar-refractivity contribution in [2.75, 3.05) is 0 Å². The minimum absolute atomic E-state index is 0.0937. The number of aromatic hydroxyl groups is 1. The predicted octanol–water partition coefficient (Wildman–Crippen LogP) is 1.13. The third kappa shape index (κ3) is 1.59. The summed E-state index contributed by atoms with van der Waals surface area (Å²) in [6.07, 6.45) is 6.31. The summed E-state index contributed by atoms with van der Waals surface area (Å²) >= 11 is 0. The summed E-state index contributed by atoms with van der Waals surface area (Å²) in [7, 11) is 1.87. The SMILES string of the molecule is Cn1cnc2cnc(-c3cncc(O)c3)nc21. The molecule has 0 atom stereocenters. The van der Waals surface area contributed by atoms with Crippen molar-refractivity contribution in [2.24, 2.45) is 7.05 Å². The van der Waals surface area contributed by atoms with Crippen LogP contribution in [0.15, 0.2) is 31.0 Å². The molecule has 6 nitrogen and oxygen atoms in total. The first kappa shape index (κ1) is 9.71. The minimum atomic E-state index is 0.0937. The number of pyridine rings is 1. The Morgan fingerprint density at radius 3 is 2.88 bits per heavy atom. The fourth-order valence-electron chi connectivity index (χ4n) is 1.61. The molecule has 0 saturated heterocycles. The third-order valence-corrected chi connectivity index (χ3v) is 2.44. The zero-order valence-electron chi connectivity index (χ0n) is 9.07. The standard InChI is InChI=1S/C11H9N5O/c1-16-6-14-9-5-13-10(15-11(9)16)7-2-8(17)4-12-3-7/h2-6,17H,1H3. The topological polar surface area (TPSA) is 76.7 Å². The minimum Gasteiger partial charge on any atom is -0.506 e. The Morgan fingerprint density at radius 2 is 2.06 bits per heavy atom. The average molecular weight is 227 g/mol. The normalized spacial score (nSPS) is 10.9. The van der Waals surface area contributed by atoms with Gasteiger partial charge in [0.05, 0.1) is 18.7 Å². The molecule has 0 radical (unpaired) electrons. The van der Waals surface area contributed by atoms with E-state index >= 15 is 0 Å². The summed E-state index contributed by atoms with van der Waals surface area (Å²) in [5, 5.41) is 9.37. The molecule has 0 unspecified atom stereocenters. The highest BCUT2D eigenvalue weighted by molar-refractivity contribution is 5.72. The number of hydrogen-bond donors (Lipinski definition) is 1. The van der Waals surface area contributed by atoms with Crippen LogP contribution in [0.1, 0.15) is 0 Å². The van der Waals surface area contributed by atoms with E-state index in [0.717, 1.165) is 11.2 Å². The van der Waals surface area contributed by atoms with Gasteiger partial charge in [-0.1, -0.05) is 0 Å². The summed E-state index contributed by atoms with van der Waals surface area (Å²) in [4.78, 5) is 16.6. The Kier molecular flexibility index (Phi) is 2.01. The molecule has 0 fully saturated rings. The molecule has 3 aromatic heterocycles. The lowest BCUT2D eigenvalue weighted by Gasteiger charge is -2.00. The van der Waals surface area contributed by atoms with Gasteiger partial charge >= 0.3 is 0 Å². The highest BCUT2D eigenvalue weighted by atomic mass is 16.3. The molecule has 0 saturated carbocycles. The van der Waals surface area contributed by atoms with Crippen molar-refractivity contribution < 1.29 is 5.11 Å². The maximum absolute atomic E-state index is 9.37. The molecule has 6 heteroatoms. The van der Waals surface area contributed by atoms with Gasteiger partial charge in [0.25, 0.3) is 0 Å². The van der Waals surface area contributed by atoms with Crippen LogP contribution < -0.4 is 0 Å². The Morgan fingerprint density at radius 1 is 1.18 bits per heavy atom. The first-order valence-corrected chi connectivity index (χ1v) is 5.02. The second-order valence-electron chi connectivity index (χ2n) is 3.69. The van der Waals surface area contributed by atoms with Gasteiger partial charge in [-0.2, -0.15) is 0 Å². The lowest BCUT2D eigenvalue weighted by molar-refractivity contribution is 0.473. The van der Waals surface area contributed by atoms with Crippen LogP contribution in [-0.2, 0) is 7.05 Å². The van der Waals surface area contributed by atoms with E-state index in [1.165, 1.54) is 6.20 Å². The Bertz CT molecular complexity index is 691. The van der Waals surface area contributed by atoms with E-state index in [4.69, 9.17) is 0 Å². The lowest BCUT2D eigenvalue weighted by Crippen LogP contribution is -1.93. The van der Waals surface area contributed by atoms with Crippen LogP contribution in [0.4, 0.5) is 0 Å². The van der Waals surface area contributed by atoms with Crippen LogP contribution in [0.2, 0.25) is 0 Å². The fraction of sp³-hybridized carbons (Fsp3) is 0.0909. The van der Waals surface area contributed by atoms with Crippen LogP contribution in [0.25, 0.3) is 22.6 Å². The molecule has 0 bridgehead atoms. The van der Waals surface area contributed by atoms with Crippen LogP contribution in [0.5, 0.6) is 5.75 Å². The number of nitrogens with zero attached hydrogens (tertiary/aromatic N) is 5. The molecule has 3 aromatic rings. The highest BCUT2D eigenvalue weighted by Gasteiger charge is 2.07. The summed E-state index contributed by atoms with van der Waals surface area (Å²) in [6, 6.07) is 1.57. The van der Waals surface area contributed by atoms with Crippen molar-refractivity contribution in [3.8, 4) is 17.1 Å². The van der Waals surface area contributed by atoms with E-state index in [1.807, 2.05) is 11.6 Å². The molecular formula is C11H9N5O. The molecule has 0 amide bonds. The molecule has 1 N–H and O–H groups in total. The van der Waals surface area contributed by atoms with Crippen LogP contribution in [0.3, 0.4) is 0 Å². The van der Waals surface area contributed by atoms with Gasteiger partial charge in [-0.15, -0.1) is 0 Å². The number of fused-ring (bicyclic) bond motifs is 1. The molecule has 0 aliphatic heterocycles. The molecule has 3 heterocycles. The Balaban J connectivity index is 2.20. The first-order chi connectivity index (χ1) is 8.24. The molecule has 17 heavy (non-hydrogen) atoms. The van der Waals surface area contributed by atoms with E-state index < -0.39 is 0 Å². The van der Waals surface area contributed by atoms with Crippen molar-refractivity contribution in [1.82, 2.24) is 24.5 Å². The second kappa shape index (κ2) is 3.51. The Labute approximate surface area is 96.6 Å². The number of aryl methyl sites for hydroxylation is 1. The van der Waals surface area contributed by atoms with Gasteiger partial charge in [0.15, 0.2) is 11.5 Å². The largest absolute Gasteiger partial charge is 0.506 e. The first-order valence-electron chi connectivity index (χ1n) is 5.02. The molecule has 0 aliphatic rings. The maximum Gasteiger partial charge on any atom is 0.163 e. The van der Waals surface area contributed by atoms with Crippen LogP contribution in [0, 0.1) is 0 Å². The lowest BCUT2D eigenvalue weighted by atomic mass is 10.2. The fourth-order valence-corrected chi connectivity index (χ4v) is 1.61. The summed E-state index contributed by atoms with van der Waals surface area (Å²) in [5.74, 6) is 0.612. The average Bonchev–Trinajstić information content (AvgIpc) is 2.71. The second-order valence-corrected chi connectivity index (χ2v) is 3.69. The predicted molar refractivity (Wildman–Crippen MR) is 61.2 cm³/mol. The monoisotopic (exact) mass is 227 g/mol. The van der Waals surface area contributed by atoms with Crippen molar-refractivity contribution in [3.05, 3.63) is 31.0 Å². The van der Waals surface area contributed by atoms with Crippen molar-refractivity contribution in [2.45, 2.75) is 0 Å². The molecular weight excluding hydrogens is 218 g/mol. The van der Waals surface area contributed by atoms with Gasteiger partial charge in [0.1, 0.15) is 11.3 Å². The van der Waals surface area contributed by atoms with Crippen LogP contribution >= 0.6 is 0 Å². The maximum atomic E-state index is 9.37. The van der Waals surface area contributed by atoms with Crippen molar-refractivity contribution in [3.63, 3.8) is 0 Å². The molecule has 0 aromatic carbocycles. The van der Waals surface area contributed by atoms with Gasteiger partial charge in [-0.25, -0.2) is 15.0 Å². The molecule has 0 spiro atoms. The van der Waals surface area contributed by atoms with Gasteiger partial charge in [-0.3, -0.25) is 4.98 Å². The van der Waals surface area contributed by atoms with Gasteiger partial charge in [0.2, 0.25) is 0 Å². The number of imidazole rings is 1. The Hall–Kier alpha value is -2.50. The van der Waals surface area contributed by atoms with E-state index in [2.05, 4.69) is 19.9 Å². The summed E-state index contributed by atoms with van der Waals surface area (Å²) < 4.78 is 1.82. The zero-order chi connectivity index (χ0) is 11.8. The van der Waals surface area contributed by atoms with E-state index in [-0.39, 0.29) is 5.75 Å². The number of rotatable bonds is 1.